The van der Waals surface area contributed by atoms with Crippen LogP contribution >= 0.6 is 0 Å². The zero-order valence-corrected chi connectivity index (χ0v) is 17.5. The van der Waals surface area contributed by atoms with Gasteiger partial charge in [0.05, 0.1) is 21.3 Å². The molecule has 0 spiro atoms. The Morgan fingerprint density at radius 2 is 1.33 bits per heavy atom. The lowest BCUT2D eigenvalue weighted by Gasteiger charge is -2.24. The zero-order valence-electron chi connectivity index (χ0n) is 17.5. The Hall–Kier alpha value is -3.32. The maximum Gasteiger partial charge on any atom is 0.229 e. The largest absolute Gasteiger partial charge is 0.497 e. The van der Waals surface area contributed by atoms with Gasteiger partial charge in [0.15, 0.2) is 0 Å². The Morgan fingerprint density at radius 1 is 0.800 bits per heavy atom. The molecule has 0 aliphatic heterocycles. The molecule has 1 aromatic heterocycles. The highest BCUT2D eigenvalue weighted by atomic mass is 16.5. The van der Waals surface area contributed by atoms with Crippen LogP contribution in [-0.2, 0) is 19.5 Å². The highest BCUT2D eigenvalue weighted by Gasteiger charge is 2.15. The first kappa shape index (κ1) is 21.4. The van der Waals surface area contributed by atoms with Crippen LogP contribution in [0.25, 0.3) is 0 Å². The fourth-order valence-corrected chi connectivity index (χ4v) is 3.10. The summed E-state index contributed by atoms with van der Waals surface area (Å²) in [5, 5.41) is 9.25. The van der Waals surface area contributed by atoms with Crippen molar-refractivity contribution in [1.82, 2.24) is 9.97 Å². The number of aromatic nitrogens is 2. The summed E-state index contributed by atoms with van der Waals surface area (Å²) >= 11 is 0. The van der Waals surface area contributed by atoms with Gasteiger partial charge in [-0.25, -0.2) is 4.98 Å². The summed E-state index contributed by atoms with van der Waals surface area (Å²) in [6.07, 6.45) is 2.16. The van der Waals surface area contributed by atoms with Crippen LogP contribution in [0.1, 0.15) is 16.7 Å². The van der Waals surface area contributed by atoms with E-state index in [1.54, 1.807) is 27.5 Å². The van der Waals surface area contributed by atoms with Crippen LogP contribution in [0.15, 0.2) is 54.7 Å². The molecule has 3 rings (SSSR count). The highest BCUT2D eigenvalue weighted by Crippen LogP contribution is 2.23. The molecule has 0 amide bonds. The summed E-state index contributed by atoms with van der Waals surface area (Å²) in [4.78, 5) is 11.2. The van der Waals surface area contributed by atoms with E-state index in [0.29, 0.717) is 31.3 Å². The number of nitrogens with zero attached hydrogens (tertiary/aromatic N) is 3. The number of ether oxygens (including phenoxy) is 3. The number of hydrogen-bond donors (Lipinski definition) is 1. The van der Waals surface area contributed by atoms with Gasteiger partial charge in [-0.3, -0.25) is 0 Å². The van der Waals surface area contributed by atoms with Gasteiger partial charge in [0, 0.05) is 37.9 Å². The van der Waals surface area contributed by atoms with E-state index in [1.165, 1.54) is 0 Å². The number of benzene rings is 2. The topological polar surface area (TPSA) is 76.9 Å². The third-order valence-electron chi connectivity index (χ3n) is 4.73. The lowest BCUT2D eigenvalue weighted by molar-refractivity contribution is 0.295. The van der Waals surface area contributed by atoms with Crippen LogP contribution in [0.3, 0.4) is 0 Å². The van der Waals surface area contributed by atoms with E-state index in [0.717, 1.165) is 28.2 Å². The second kappa shape index (κ2) is 10.5. The van der Waals surface area contributed by atoms with E-state index < -0.39 is 0 Å². The Kier molecular flexibility index (Phi) is 7.45. The van der Waals surface area contributed by atoms with Crippen molar-refractivity contribution < 1.29 is 19.3 Å². The molecule has 0 aliphatic carbocycles. The van der Waals surface area contributed by atoms with Crippen LogP contribution in [0, 0.1) is 0 Å². The molecule has 0 atom stereocenters. The molecule has 0 fully saturated rings. The average molecular weight is 409 g/mol. The van der Waals surface area contributed by atoms with Crippen LogP contribution in [0.5, 0.6) is 17.4 Å². The molecular weight excluding hydrogens is 382 g/mol. The first-order valence-corrected chi connectivity index (χ1v) is 9.68. The molecule has 1 N–H and O–H groups in total. The number of anilines is 1. The minimum Gasteiger partial charge on any atom is -0.497 e. The summed E-state index contributed by atoms with van der Waals surface area (Å²) in [6.45, 7) is 1.23. The number of aliphatic hydroxyl groups is 1. The van der Waals surface area contributed by atoms with E-state index in [9.17, 15) is 5.11 Å². The summed E-state index contributed by atoms with van der Waals surface area (Å²) in [5.74, 6) is 2.65. The summed E-state index contributed by atoms with van der Waals surface area (Å²) in [5.41, 5.74) is 2.98. The molecule has 0 bridgehead atoms. The van der Waals surface area contributed by atoms with Gasteiger partial charge >= 0.3 is 0 Å². The summed E-state index contributed by atoms with van der Waals surface area (Å²) in [6, 6.07) is 15.8. The second-order valence-electron chi connectivity index (χ2n) is 6.73. The Balaban J connectivity index is 1.90. The van der Waals surface area contributed by atoms with Crippen molar-refractivity contribution in [2.24, 2.45) is 0 Å². The molecule has 30 heavy (non-hydrogen) atoms. The minimum atomic E-state index is 0.0144. The molecule has 7 heteroatoms. The molecule has 0 saturated heterocycles. The molecular formula is C23H27N3O4. The van der Waals surface area contributed by atoms with Crippen molar-refractivity contribution >= 4 is 5.95 Å². The first-order chi connectivity index (χ1) is 14.7. The fraction of sp³-hybridized carbons (Fsp3) is 0.304. The summed E-state index contributed by atoms with van der Waals surface area (Å²) in [7, 11) is 4.88. The quantitative estimate of drug-likeness (QED) is 0.551. The Labute approximate surface area is 176 Å². The number of hydrogen-bond acceptors (Lipinski definition) is 7. The molecule has 0 unspecified atom stereocenters. The molecule has 3 aromatic rings. The third-order valence-corrected chi connectivity index (χ3v) is 4.73. The van der Waals surface area contributed by atoms with Crippen molar-refractivity contribution in [3.63, 3.8) is 0 Å². The van der Waals surface area contributed by atoms with Gasteiger partial charge < -0.3 is 24.2 Å². The van der Waals surface area contributed by atoms with E-state index >= 15 is 0 Å². The van der Waals surface area contributed by atoms with Crippen molar-refractivity contribution in [3.05, 3.63) is 71.4 Å². The first-order valence-electron chi connectivity index (χ1n) is 9.68. The van der Waals surface area contributed by atoms with Crippen LogP contribution in [0.4, 0.5) is 5.95 Å². The summed E-state index contributed by atoms with van der Waals surface area (Å²) < 4.78 is 15.9. The molecule has 2 aromatic carbocycles. The van der Waals surface area contributed by atoms with Gasteiger partial charge in [-0.15, -0.1) is 0 Å². The monoisotopic (exact) mass is 409 g/mol. The van der Waals surface area contributed by atoms with E-state index in [2.05, 4.69) is 14.9 Å². The van der Waals surface area contributed by atoms with E-state index in [1.807, 2.05) is 48.5 Å². The predicted octanol–water partition coefficient (Wildman–Crippen LogP) is 3.24. The van der Waals surface area contributed by atoms with Crippen LogP contribution in [-0.4, -0.2) is 43.0 Å². The maximum atomic E-state index is 9.25. The predicted molar refractivity (Wildman–Crippen MR) is 115 cm³/mol. The molecule has 1 heterocycles. The normalized spacial score (nSPS) is 10.5. The standard InChI is InChI=1S/C23H27N3O4/c1-28-20-8-4-17(5-9-20)15-26(16-18-6-10-21(29-2)11-7-18)23-24-14-19(12-13-27)22(25-23)30-3/h4-11,14,27H,12-13,15-16H2,1-3H3. The number of methoxy groups -OCH3 is 3. The smallest absolute Gasteiger partial charge is 0.229 e. The molecule has 0 aliphatic rings. The lowest BCUT2D eigenvalue weighted by atomic mass is 10.1. The van der Waals surface area contributed by atoms with Crippen molar-refractivity contribution in [2.45, 2.75) is 19.5 Å². The lowest BCUT2D eigenvalue weighted by Crippen LogP contribution is -2.24. The Morgan fingerprint density at radius 3 is 1.77 bits per heavy atom. The van der Waals surface area contributed by atoms with Crippen LogP contribution in [0.2, 0.25) is 0 Å². The third kappa shape index (κ3) is 5.39. The van der Waals surface area contributed by atoms with Gasteiger partial charge in [0.25, 0.3) is 0 Å². The molecule has 0 radical (unpaired) electrons. The fourth-order valence-electron chi connectivity index (χ4n) is 3.10. The van der Waals surface area contributed by atoms with Gasteiger partial charge in [-0.2, -0.15) is 4.98 Å². The van der Waals surface area contributed by atoms with Gasteiger partial charge in [-0.05, 0) is 35.4 Å². The van der Waals surface area contributed by atoms with Gasteiger partial charge in [-0.1, -0.05) is 24.3 Å². The Bertz CT molecular complexity index is 881. The van der Waals surface area contributed by atoms with Crippen molar-refractivity contribution in [1.29, 1.82) is 0 Å². The maximum absolute atomic E-state index is 9.25. The molecule has 158 valence electrons. The van der Waals surface area contributed by atoms with Crippen molar-refractivity contribution in [2.75, 3.05) is 32.8 Å². The van der Waals surface area contributed by atoms with E-state index in [4.69, 9.17) is 14.2 Å². The number of rotatable bonds is 10. The van der Waals surface area contributed by atoms with Crippen molar-refractivity contribution in [3.8, 4) is 17.4 Å². The van der Waals surface area contributed by atoms with Crippen LogP contribution < -0.4 is 19.1 Å². The molecule has 0 saturated carbocycles. The van der Waals surface area contributed by atoms with Gasteiger partial charge in [0.1, 0.15) is 11.5 Å². The SMILES string of the molecule is COc1ccc(CN(Cc2ccc(OC)cc2)c2ncc(CCO)c(OC)n2)cc1. The second-order valence-corrected chi connectivity index (χ2v) is 6.73. The zero-order chi connectivity index (χ0) is 21.3. The van der Waals surface area contributed by atoms with Gasteiger partial charge in [0.2, 0.25) is 11.8 Å². The molecule has 7 nitrogen and oxygen atoms in total. The number of aliphatic hydroxyl groups excluding tert-OH is 1. The minimum absolute atomic E-state index is 0.0144. The average Bonchev–Trinajstić information content (AvgIpc) is 2.80. The van der Waals surface area contributed by atoms with E-state index in [-0.39, 0.29) is 6.61 Å². The highest BCUT2D eigenvalue weighted by molar-refractivity contribution is 5.40.